The van der Waals surface area contributed by atoms with E-state index in [1.54, 1.807) is 0 Å². The Bertz CT molecular complexity index is 614. The Morgan fingerprint density at radius 3 is 3.00 bits per heavy atom. The smallest absolute Gasteiger partial charge is 0.161 e. The van der Waals surface area contributed by atoms with Crippen LogP contribution >= 0.6 is 0 Å². The first-order valence-corrected chi connectivity index (χ1v) is 7.61. The lowest BCUT2D eigenvalue weighted by Crippen LogP contribution is -2.27. The van der Waals surface area contributed by atoms with E-state index in [1.807, 2.05) is 12.3 Å². The van der Waals surface area contributed by atoms with Crippen molar-refractivity contribution < 1.29 is 0 Å². The van der Waals surface area contributed by atoms with Gasteiger partial charge in [-0.05, 0) is 58.0 Å². The van der Waals surface area contributed by atoms with Crippen molar-refractivity contribution in [3.8, 4) is 0 Å². The second kappa shape index (κ2) is 4.82. The molecule has 2 saturated heterocycles. The summed E-state index contributed by atoms with van der Waals surface area (Å²) in [6, 6.07) is 4.44. The zero-order chi connectivity index (χ0) is 13.5. The molecule has 2 atom stereocenters. The third-order valence-corrected chi connectivity index (χ3v) is 4.63. The minimum atomic E-state index is 0.387. The van der Waals surface area contributed by atoms with Crippen LogP contribution in [0.4, 0.5) is 0 Å². The van der Waals surface area contributed by atoms with Crippen LogP contribution in [0.3, 0.4) is 0 Å². The van der Waals surface area contributed by atoms with E-state index in [-0.39, 0.29) is 0 Å². The molecule has 2 fully saturated rings. The van der Waals surface area contributed by atoms with Gasteiger partial charge in [0.25, 0.3) is 0 Å². The largest absolute Gasteiger partial charge is 0.307 e. The van der Waals surface area contributed by atoms with Crippen LogP contribution in [0.2, 0.25) is 0 Å². The molecule has 0 aromatic carbocycles. The minimum Gasteiger partial charge on any atom is -0.307 e. The van der Waals surface area contributed by atoms with E-state index in [4.69, 9.17) is 4.98 Å². The molecule has 5 heteroatoms. The predicted molar refractivity (Wildman–Crippen MR) is 78.4 cm³/mol. The van der Waals surface area contributed by atoms with Gasteiger partial charge in [0.2, 0.25) is 0 Å². The summed E-state index contributed by atoms with van der Waals surface area (Å²) < 4.78 is 2.38. The van der Waals surface area contributed by atoms with Gasteiger partial charge in [0.05, 0.1) is 12.2 Å². The number of likely N-dealkylation sites (tertiary alicyclic amines) is 1. The van der Waals surface area contributed by atoms with Gasteiger partial charge in [-0.3, -0.25) is 9.47 Å². The number of rotatable bonds is 2. The topological polar surface area (TPSA) is 46.0 Å². The average Bonchev–Trinajstić information content (AvgIpc) is 3.15. The molecule has 20 heavy (non-hydrogen) atoms. The van der Waals surface area contributed by atoms with Gasteiger partial charge in [0, 0.05) is 6.20 Å². The molecule has 2 aromatic heterocycles. The van der Waals surface area contributed by atoms with Gasteiger partial charge < -0.3 is 5.32 Å². The normalized spacial score (nSPS) is 27.6. The quantitative estimate of drug-likeness (QED) is 0.908. The molecule has 4 heterocycles. The van der Waals surface area contributed by atoms with Crippen molar-refractivity contribution in [1.82, 2.24) is 24.8 Å². The third kappa shape index (κ3) is 1.84. The maximum atomic E-state index is 4.88. The molecule has 2 aliphatic rings. The Labute approximate surface area is 119 Å². The van der Waals surface area contributed by atoms with Gasteiger partial charge in [-0.15, -0.1) is 0 Å². The maximum absolute atomic E-state index is 4.88. The van der Waals surface area contributed by atoms with Crippen molar-refractivity contribution in [3.05, 3.63) is 24.2 Å². The molecule has 0 spiro atoms. The number of hydrogen-bond acceptors (Lipinski definition) is 4. The summed E-state index contributed by atoms with van der Waals surface area (Å²) in [5, 5.41) is 3.58. The first-order chi connectivity index (χ1) is 9.84. The van der Waals surface area contributed by atoms with Crippen molar-refractivity contribution in [2.75, 3.05) is 20.1 Å². The van der Waals surface area contributed by atoms with Crippen molar-refractivity contribution in [3.63, 3.8) is 0 Å². The monoisotopic (exact) mass is 271 g/mol. The lowest BCUT2D eigenvalue weighted by atomic mass is 10.2. The summed E-state index contributed by atoms with van der Waals surface area (Å²) in [5.74, 6) is 1.18. The van der Waals surface area contributed by atoms with Crippen molar-refractivity contribution in [2.24, 2.45) is 0 Å². The van der Waals surface area contributed by atoms with E-state index in [1.165, 1.54) is 31.5 Å². The number of fused-ring (bicyclic) bond motifs is 1. The lowest BCUT2D eigenvalue weighted by Gasteiger charge is -2.25. The number of nitrogens with one attached hydrogen (secondary N) is 1. The van der Waals surface area contributed by atoms with Gasteiger partial charge in [-0.2, -0.15) is 0 Å². The summed E-state index contributed by atoms with van der Waals surface area (Å²) in [6.45, 7) is 2.26. The van der Waals surface area contributed by atoms with Gasteiger partial charge in [-0.1, -0.05) is 0 Å². The number of aromatic nitrogens is 3. The molecule has 0 bridgehead atoms. The van der Waals surface area contributed by atoms with Crippen molar-refractivity contribution >= 4 is 11.2 Å². The van der Waals surface area contributed by atoms with Crippen LogP contribution in [0.5, 0.6) is 0 Å². The number of pyridine rings is 1. The highest BCUT2D eigenvalue weighted by Crippen LogP contribution is 2.33. The van der Waals surface area contributed by atoms with Crippen LogP contribution in [0, 0.1) is 0 Å². The van der Waals surface area contributed by atoms with E-state index < -0.39 is 0 Å². The Hall–Kier alpha value is -1.46. The number of hydrogen-bond donors (Lipinski definition) is 1. The molecule has 2 aliphatic heterocycles. The zero-order valence-corrected chi connectivity index (χ0v) is 11.9. The Kier molecular flexibility index (Phi) is 2.97. The zero-order valence-electron chi connectivity index (χ0n) is 11.9. The molecule has 0 aliphatic carbocycles. The van der Waals surface area contributed by atoms with E-state index in [9.17, 15) is 0 Å². The Balaban J connectivity index is 1.88. The van der Waals surface area contributed by atoms with Crippen molar-refractivity contribution in [1.29, 1.82) is 0 Å². The molecule has 0 amide bonds. The lowest BCUT2D eigenvalue weighted by molar-refractivity contribution is 0.234. The predicted octanol–water partition coefficient (Wildman–Crippen LogP) is 2.08. The van der Waals surface area contributed by atoms with Crippen LogP contribution in [-0.2, 0) is 0 Å². The Morgan fingerprint density at radius 2 is 2.25 bits per heavy atom. The molecule has 4 rings (SSSR count). The van der Waals surface area contributed by atoms with Crippen LogP contribution in [0.15, 0.2) is 18.3 Å². The molecule has 0 saturated carbocycles. The highest BCUT2D eigenvalue weighted by atomic mass is 15.3. The second-order valence-corrected chi connectivity index (χ2v) is 5.94. The van der Waals surface area contributed by atoms with E-state index in [0.29, 0.717) is 12.2 Å². The van der Waals surface area contributed by atoms with E-state index >= 15 is 0 Å². The molecular formula is C15H21N5. The highest BCUT2D eigenvalue weighted by Gasteiger charge is 2.31. The molecule has 2 unspecified atom stereocenters. The van der Waals surface area contributed by atoms with Gasteiger partial charge in [-0.25, -0.2) is 9.97 Å². The molecule has 106 valence electrons. The van der Waals surface area contributed by atoms with Crippen molar-refractivity contribution in [2.45, 2.75) is 37.9 Å². The fourth-order valence-corrected chi connectivity index (χ4v) is 3.61. The average molecular weight is 271 g/mol. The summed E-state index contributed by atoms with van der Waals surface area (Å²) >= 11 is 0. The van der Waals surface area contributed by atoms with Gasteiger partial charge in [0.15, 0.2) is 5.65 Å². The van der Waals surface area contributed by atoms with Crippen LogP contribution in [0.25, 0.3) is 11.2 Å². The summed E-state index contributed by atoms with van der Waals surface area (Å²) in [5.41, 5.74) is 2.06. The van der Waals surface area contributed by atoms with Crippen LogP contribution < -0.4 is 5.32 Å². The highest BCUT2D eigenvalue weighted by molar-refractivity contribution is 5.71. The minimum absolute atomic E-state index is 0.387. The first kappa shape index (κ1) is 12.3. The molecule has 2 aromatic rings. The molecular weight excluding hydrogens is 250 g/mol. The number of imidazole rings is 1. The first-order valence-electron chi connectivity index (χ1n) is 7.61. The molecule has 5 nitrogen and oxygen atoms in total. The number of nitrogens with zero attached hydrogens (tertiary/aromatic N) is 4. The summed E-state index contributed by atoms with van der Waals surface area (Å²) in [7, 11) is 2.21. The van der Waals surface area contributed by atoms with E-state index in [0.717, 1.165) is 24.3 Å². The molecule has 1 N–H and O–H groups in total. The second-order valence-electron chi connectivity index (χ2n) is 5.94. The molecule has 0 radical (unpaired) electrons. The summed E-state index contributed by atoms with van der Waals surface area (Å²) in [4.78, 5) is 11.9. The Morgan fingerprint density at radius 1 is 1.30 bits per heavy atom. The van der Waals surface area contributed by atoms with Crippen LogP contribution in [-0.4, -0.2) is 39.6 Å². The SMILES string of the molecule is CN1CCCC1n1c(C2CCCN2)nc2cccnc21. The summed E-state index contributed by atoms with van der Waals surface area (Å²) in [6.07, 6.45) is 7.15. The standard InChI is InChI=1S/C15H21N5/c1-19-10-4-7-13(19)20-14-12(6-3-9-17-14)18-15(20)11-5-2-8-16-11/h3,6,9,11,13,16H,2,4-5,7-8,10H2,1H3. The fraction of sp³-hybridized carbons (Fsp3) is 0.600. The van der Waals surface area contributed by atoms with Gasteiger partial charge >= 0.3 is 0 Å². The third-order valence-electron chi connectivity index (χ3n) is 4.63. The fourth-order valence-electron chi connectivity index (χ4n) is 3.61. The van der Waals surface area contributed by atoms with E-state index in [2.05, 4.69) is 32.9 Å². The van der Waals surface area contributed by atoms with Gasteiger partial charge in [0.1, 0.15) is 11.3 Å². The maximum Gasteiger partial charge on any atom is 0.161 e. The van der Waals surface area contributed by atoms with Crippen LogP contribution in [0.1, 0.15) is 43.7 Å².